The lowest BCUT2D eigenvalue weighted by atomic mass is 10.1. The van der Waals surface area contributed by atoms with Crippen LogP contribution in [0.5, 0.6) is 5.75 Å². The third-order valence-electron chi connectivity index (χ3n) is 3.08. The summed E-state index contributed by atoms with van der Waals surface area (Å²) in [6, 6.07) is 6.08. The Morgan fingerprint density at radius 1 is 1.33 bits per heavy atom. The van der Waals surface area contributed by atoms with Crippen LogP contribution in [0.15, 0.2) is 18.2 Å². The van der Waals surface area contributed by atoms with E-state index in [4.69, 9.17) is 10.5 Å². The van der Waals surface area contributed by atoms with Crippen LogP contribution in [0.4, 0.5) is 11.9 Å². The van der Waals surface area contributed by atoms with Crippen molar-refractivity contribution in [3.8, 4) is 5.75 Å². The smallest absolute Gasteiger partial charge is 0.228 e. The van der Waals surface area contributed by atoms with Gasteiger partial charge in [-0.3, -0.25) is 0 Å². The summed E-state index contributed by atoms with van der Waals surface area (Å²) in [6.07, 6.45) is 0. The number of nitrogens with zero attached hydrogens (tertiary/aromatic N) is 3. The normalized spacial score (nSPS) is 12.0. The Balaban J connectivity index is 2.19. The summed E-state index contributed by atoms with van der Waals surface area (Å²) < 4.78 is 5.27. The van der Waals surface area contributed by atoms with E-state index < -0.39 is 0 Å². The van der Waals surface area contributed by atoms with E-state index in [1.54, 1.807) is 7.11 Å². The van der Waals surface area contributed by atoms with Crippen LogP contribution in [-0.4, -0.2) is 22.1 Å². The summed E-state index contributed by atoms with van der Waals surface area (Å²) in [5.74, 6) is 2.15. The van der Waals surface area contributed by atoms with E-state index in [1.807, 2.05) is 26.0 Å². The van der Waals surface area contributed by atoms with Gasteiger partial charge in [0.15, 0.2) is 0 Å². The standard InChI is InChI=1S/C14H18BrN5O/c1-8-6-10(4-5-11(8)21-3)9(2)17-14-19-12(7-15)18-13(16)20-14/h4-6,9H,7H2,1-3H3,(H3,16,17,18,19,20). The second-order valence-corrected chi connectivity index (χ2v) is 5.22. The zero-order valence-corrected chi connectivity index (χ0v) is 13.8. The Bertz CT molecular complexity index is 635. The average molecular weight is 352 g/mol. The fourth-order valence-corrected chi connectivity index (χ4v) is 2.26. The minimum Gasteiger partial charge on any atom is -0.496 e. The second-order valence-electron chi connectivity index (χ2n) is 4.66. The molecule has 0 aliphatic carbocycles. The van der Waals surface area contributed by atoms with Gasteiger partial charge in [0.05, 0.1) is 18.5 Å². The number of benzene rings is 1. The van der Waals surface area contributed by atoms with E-state index in [-0.39, 0.29) is 12.0 Å². The number of nitrogen functional groups attached to an aromatic ring is 1. The summed E-state index contributed by atoms with van der Waals surface area (Å²) >= 11 is 3.31. The molecular formula is C14H18BrN5O. The van der Waals surface area contributed by atoms with Crippen molar-refractivity contribution in [2.24, 2.45) is 0 Å². The molecule has 1 atom stereocenters. The molecule has 1 aromatic carbocycles. The molecule has 0 aliphatic heterocycles. The van der Waals surface area contributed by atoms with Crippen molar-refractivity contribution in [3.63, 3.8) is 0 Å². The topological polar surface area (TPSA) is 86.0 Å². The number of aryl methyl sites for hydroxylation is 1. The summed E-state index contributed by atoms with van der Waals surface area (Å²) in [5.41, 5.74) is 7.87. The average Bonchev–Trinajstić information content (AvgIpc) is 2.46. The lowest BCUT2D eigenvalue weighted by molar-refractivity contribution is 0.411. The maximum Gasteiger partial charge on any atom is 0.228 e. The lowest BCUT2D eigenvalue weighted by Crippen LogP contribution is -2.12. The highest BCUT2D eigenvalue weighted by Gasteiger charge is 2.10. The van der Waals surface area contributed by atoms with Crippen molar-refractivity contribution < 1.29 is 4.74 Å². The number of nitrogens with two attached hydrogens (primary N) is 1. The number of rotatable bonds is 5. The number of hydrogen-bond donors (Lipinski definition) is 2. The molecule has 0 saturated heterocycles. The molecule has 0 radical (unpaired) electrons. The lowest BCUT2D eigenvalue weighted by Gasteiger charge is -2.16. The van der Waals surface area contributed by atoms with E-state index >= 15 is 0 Å². The highest BCUT2D eigenvalue weighted by molar-refractivity contribution is 9.08. The van der Waals surface area contributed by atoms with E-state index in [1.165, 1.54) is 0 Å². The van der Waals surface area contributed by atoms with Crippen molar-refractivity contribution in [2.75, 3.05) is 18.2 Å². The Hall–Kier alpha value is -1.89. The number of nitrogens with one attached hydrogen (secondary N) is 1. The zero-order chi connectivity index (χ0) is 15.4. The zero-order valence-electron chi connectivity index (χ0n) is 12.2. The van der Waals surface area contributed by atoms with Gasteiger partial charge in [0, 0.05) is 0 Å². The summed E-state index contributed by atoms with van der Waals surface area (Å²) in [4.78, 5) is 12.4. The molecule has 0 bridgehead atoms. The fraction of sp³-hybridized carbons (Fsp3) is 0.357. The summed E-state index contributed by atoms with van der Waals surface area (Å²) in [5, 5.41) is 3.77. The molecule has 2 rings (SSSR count). The molecule has 7 heteroatoms. The molecule has 21 heavy (non-hydrogen) atoms. The van der Waals surface area contributed by atoms with Crippen molar-refractivity contribution in [1.82, 2.24) is 15.0 Å². The molecule has 6 nitrogen and oxygen atoms in total. The van der Waals surface area contributed by atoms with Gasteiger partial charge in [-0.1, -0.05) is 28.1 Å². The summed E-state index contributed by atoms with van der Waals surface area (Å²) in [7, 11) is 1.67. The number of hydrogen-bond acceptors (Lipinski definition) is 6. The largest absolute Gasteiger partial charge is 0.496 e. The molecule has 1 heterocycles. The first-order valence-electron chi connectivity index (χ1n) is 6.51. The minimum absolute atomic E-state index is 0.0413. The third-order valence-corrected chi connectivity index (χ3v) is 3.58. The first-order valence-corrected chi connectivity index (χ1v) is 7.63. The minimum atomic E-state index is 0.0413. The van der Waals surface area contributed by atoms with Crippen LogP contribution in [0.2, 0.25) is 0 Å². The molecule has 0 aliphatic rings. The maximum absolute atomic E-state index is 5.67. The van der Waals surface area contributed by atoms with Crippen molar-refractivity contribution in [1.29, 1.82) is 0 Å². The van der Waals surface area contributed by atoms with E-state index in [0.717, 1.165) is 16.9 Å². The number of alkyl halides is 1. The van der Waals surface area contributed by atoms with Crippen molar-refractivity contribution in [2.45, 2.75) is 25.2 Å². The highest BCUT2D eigenvalue weighted by Crippen LogP contribution is 2.24. The Morgan fingerprint density at radius 2 is 2.10 bits per heavy atom. The molecule has 0 spiro atoms. The van der Waals surface area contributed by atoms with Gasteiger partial charge in [-0.05, 0) is 31.0 Å². The monoisotopic (exact) mass is 351 g/mol. The number of halogens is 1. The van der Waals surface area contributed by atoms with Crippen LogP contribution < -0.4 is 15.8 Å². The molecule has 3 N–H and O–H groups in total. The van der Waals surface area contributed by atoms with Crippen LogP contribution in [0, 0.1) is 6.92 Å². The van der Waals surface area contributed by atoms with Gasteiger partial charge >= 0.3 is 0 Å². The Labute approximate surface area is 132 Å². The van der Waals surface area contributed by atoms with E-state index in [2.05, 4.69) is 42.3 Å². The predicted molar refractivity (Wildman–Crippen MR) is 86.6 cm³/mol. The van der Waals surface area contributed by atoms with Gasteiger partial charge in [-0.15, -0.1) is 0 Å². The first-order chi connectivity index (χ1) is 10.0. The van der Waals surface area contributed by atoms with Gasteiger partial charge in [0.25, 0.3) is 0 Å². The molecule has 112 valence electrons. The first kappa shape index (κ1) is 15.5. The summed E-state index contributed by atoms with van der Waals surface area (Å²) in [6.45, 7) is 4.05. The van der Waals surface area contributed by atoms with Gasteiger partial charge in [-0.25, -0.2) is 0 Å². The number of anilines is 2. The van der Waals surface area contributed by atoms with Crippen LogP contribution >= 0.6 is 15.9 Å². The van der Waals surface area contributed by atoms with E-state index in [9.17, 15) is 0 Å². The molecular weight excluding hydrogens is 334 g/mol. The molecule has 0 amide bonds. The maximum atomic E-state index is 5.67. The van der Waals surface area contributed by atoms with Crippen molar-refractivity contribution >= 4 is 27.8 Å². The van der Waals surface area contributed by atoms with Gasteiger partial charge < -0.3 is 15.8 Å². The number of aromatic nitrogens is 3. The molecule has 0 saturated carbocycles. The highest BCUT2D eigenvalue weighted by atomic mass is 79.9. The van der Waals surface area contributed by atoms with Gasteiger partial charge in [0.2, 0.25) is 11.9 Å². The second kappa shape index (κ2) is 6.71. The Morgan fingerprint density at radius 3 is 2.71 bits per heavy atom. The van der Waals surface area contributed by atoms with Gasteiger partial charge in [0.1, 0.15) is 11.6 Å². The third kappa shape index (κ3) is 3.81. The molecule has 1 aromatic heterocycles. The van der Waals surface area contributed by atoms with Crippen LogP contribution in [0.3, 0.4) is 0 Å². The fourth-order valence-electron chi connectivity index (χ4n) is 2.01. The Kier molecular flexibility index (Phi) is 4.95. The SMILES string of the molecule is COc1ccc(C(C)Nc2nc(N)nc(CBr)n2)cc1C. The number of ether oxygens (including phenoxy) is 1. The van der Waals surface area contributed by atoms with Gasteiger partial charge in [-0.2, -0.15) is 15.0 Å². The molecule has 1 unspecified atom stereocenters. The van der Waals surface area contributed by atoms with Crippen LogP contribution in [0.25, 0.3) is 0 Å². The predicted octanol–water partition coefficient (Wildman–Crippen LogP) is 2.84. The quantitative estimate of drug-likeness (QED) is 0.805. The van der Waals surface area contributed by atoms with Crippen molar-refractivity contribution in [3.05, 3.63) is 35.2 Å². The van der Waals surface area contributed by atoms with Crippen LogP contribution in [-0.2, 0) is 5.33 Å². The van der Waals surface area contributed by atoms with E-state index in [0.29, 0.717) is 17.1 Å². The van der Waals surface area contributed by atoms with Crippen LogP contribution in [0.1, 0.15) is 29.9 Å². The number of methoxy groups -OCH3 is 1. The molecule has 2 aromatic rings. The molecule has 0 fully saturated rings.